The van der Waals surface area contributed by atoms with Crippen molar-refractivity contribution >= 4 is 10.4 Å². The van der Waals surface area contributed by atoms with Crippen LogP contribution in [0.3, 0.4) is 0 Å². The van der Waals surface area contributed by atoms with E-state index in [-0.39, 0.29) is 6.61 Å². The van der Waals surface area contributed by atoms with Gasteiger partial charge in [0.05, 0.1) is 13.2 Å². The van der Waals surface area contributed by atoms with Crippen molar-refractivity contribution in [2.24, 2.45) is 0 Å². The monoisotopic (exact) mass is 200 g/mol. The van der Waals surface area contributed by atoms with Crippen LogP contribution in [0.15, 0.2) is 0 Å². The fourth-order valence-electron chi connectivity index (χ4n) is 0.467. The predicted octanol–water partition coefficient (Wildman–Crippen LogP) is -0.797. The first-order valence-electron chi connectivity index (χ1n) is 3.33. The van der Waals surface area contributed by atoms with Crippen molar-refractivity contribution in [3.8, 4) is 0 Å². The number of aliphatic hydroxyl groups excluding tert-OH is 1. The highest BCUT2D eigenvalue weighted by molar-refractivity contribution is 7.80. The molecule has 0 aliphatic carbocycles. The van der Waals surface area contributed by atoms with Crippen LogP contribution in [-0.4, -0.2) is 44.0 Å². The molecule has 0 aliphatic rings. The Bertz CT molecular complexity index is 198. The predicted molar refractivity (Wildman–Crippen MR) is 40.0 cm³/mol. The van der Waals surface area contributed by atoms with Gasteiger partial charge in [0.25, 0.3) is 0 Å². The fourth-order valence-corrected chi connectivity index (χ4v) is 0.796. The molecule has 7 heteroatoms. The summed E-state index contributed by atoms with van der Waals surface area (Å²) in [7, 11) is -4.46. The van der Waals surface area contributed by atoms with E-state index in [1.165, 1.54) is 0 Å². The second-order valence-electron chi connectivity index (χ2n) is 2.03. The molecule has 74 valence electrons. The molecule has 0 saturated carbocycles. The van der Waals surface area contributed by atoms with E-state index in [9.17, 15) is 8.42 Å². The van der Waals surface area contributed by atoms with E-state index in [0.29, 0.717) is 6.61 Å². The third-order valence-electron chi connectivity index (χ3n) is 0.924. The Morgan fingerprint density at radius 3 is 2.42 bits per heavy atom. The normalized spacial score (nSPS) is 14.6. The average Bonchev–Trinajstić information content (AvgIpc) is 1.95. The summed E-state index contributed by atoms with van der Waals surface area (Å²) in [5.41, 5.74) is 0. The van der Waals surface area contributed by atoms with Crippen molar-refractivity contribution in [2.75, 3.05) is 19.8 Å². The van der Waals surface area contributed by atoms with Crippen LogP contribution in [0.25, 0.3) is 0 Å². The van der Waals surface area contributed by atoms with Crippen LogP contribution < -0.4 is 0 Å². The van der Waals surface area contributed by atoms with Gasteiger partial charge in [-0.15, -0.1) is 0 Å². The van der Waals surface area contributed by atoms with Gasteiger partial charge in [-0.1, -0.05) is 0 Å². The average molecular weight is 200 g/mol. The largest absolute Gasteiger partial charge is 0.397 e. The first-order chi connectivity index (χ1) is 5.45. The molecule has 12 heavy (non-hydrogen) atoms. The van der Waals surface area contributed by atoms with Crippen molar-refractivity contribution in [3.63, 3.8) is 0 Å². The van der Waals surface area contributed by atoms with Crippen LogP contribution >= 0.6 is 0 Å². The zero-order chi connectivity index (χ0) is 9.61. The molecule has 0 aromatic carbocycles. The minimum atomic E-state index is -4.46. The highest BCUT2D eigenvalue weighted by atomic mass is 32.3. The van der Waals surface area contributed by atoms with Gasteiger partial charge in [-0.25, -0.2) is 4.18 Å². The summed E-state index contributed by atoms with van der Waals surface area (Å²) in [5.74, 6) is 0. The van der Waals surface area contributed by atoms with Gasteiger partial charge in [0, 0.05) is 6.61 Å². The molecular formula is C5H12O6S. The Morgan fingerprint density at radius 2 is 2.00 bits per heavy atom. The maximum Gasteiger partial charge on any atom is 0.397 e. The molecule has 0 radical (unpaired) electrons. The van der Waals surface area contributed by atoms with E-state index < -0.39 is 23.1 Å². The van der Waals surface area contributed by atoms with Gasteiger partial charge in [-0.3, -0.25) is 4.55 Å². The molecule has 0 saturated heterocycles. The second kappa shape index (κ2) is 5.44. The maximum absolute atomic E-state index is 9.99. The summed E-state index contributed by atoms with van der Waals surface area (Å²) in [6.45, 7) is 1.63. The molecule has 0 spiro atoms. The van der Waals surface area contributed by atoms with Gasteiger partial charge < -0.3 is 9.84 Å². The number of rotatable bonds is 6. The Balaban J connectivity index is 3.51. The molecular weight excluding hydrogens is 188 g/mol. The summed E-state index contributed by atoms with van der Waals surface area (Å²) in [5, 5.41) is 8.92. The smallest absolute Gasteiger partial charge is 0.388 e. The Hall–Kier alpha value is -0.210. The fraction of sp³-hybridized carbons (Fsp3) is 1.00. The molecule has 0 amide bonds. The van der Waals surface area contributed by atoms with Crippen LogP contribution in [-0.2, 0) is 19.3 Å². The maximum atomic E-state index is 9.99. The van der Waals surface area contributed by atoms with Crippen LogP contribution in [0.1, 0.15) is 6.92 Å². The SMILES string of the molecule is CCOCC(O)COS(=O)(=O)O. The van der Waals surface area contributed by atoms with Crippen molar-refractivity contribution in [1.29, 1.82) is 0 Å². The number of hydrogen-bond donors (Lipinski definition) is 2. The van der Waals surface area contributed by atoms with Crippen LogP contribution in [0.4, 0.5) is 0 Å². The molecule has 0 fully saturated rings. The van der Waals surface area contributed by atoms with Crippen molar-refractivity contribution in [2.45, 2.75) is 13.0 Å². The second-order valence-corrected chi connectivity index (χ2v) is 3.12. The molecule has 0 heterocycles. The van der Waals surface area contributed by atoms with Crippen molar-refractivity contribution in [3.05, 3.63) is 0 Å². The van der Waals surface area contributed by atoms with Gasteiger partial charge in [0.2, 0.25) is 0 Å². The van der Waals surface area contributed by atoms with E-state index in [1.807, 2.05) is 0 Å². The summed E-state index contributed by atoms with van der Waals surface area (Å²) in [6, 6.07) is 0. The lowest BCUT2D eigenvalue weighted by Crippen LogP contribution is -2.23. The first-order valence-corrected chi connectivity index (χ1v) is 4.70. The van der Waals surface area contributed by atoms with Gasteiger partial charge >= 0.3 is 10.4 Å². The van der Waals surface area contributed by atoms with Gasteiger partial charge in [-0.05, 0) is 6.92 Å². The summed E-state index contributed by atoms with van der Waals surface area (Å²) in [4.78, 5) is 0. The summed E-state index contributed by atoms with van der Waals surface area (Å²) < 4.78 is 36.7. The van der Waals surface area contributed by atoms with Crippen molar-refractivity contribution in [1.82, 2.24) is 0 Å². The number of hydrogen-bond acceptors (Lipinski definition) is 5. The highest BCUT2D eigenvalue weighted by Crippen LogP contribution is 1.91. The summed E-state index contributed by atoms with van der Waals surface area (Å²) >= 11 is 0. The van der Waals surface area contributed by atoms with E-state index in [1.54, 1.807) is 6.92 Å². The minimum Gasteiger partial charge on any atom is -0.388 e. The van der Waals surface area contributed by atoms with Crippen LogP contribution in [0, 0.1) is 0 Å². The molecule has 0 aromatic rings. The topological polar surface area (TPSA) is 93.1 Å². The third-order valence-corrected chi connectivity index (χ3v) is 1.36. The molecule has 0 aromatic heterocycles. The molecule has 2 N–H and O–H groups in total. The van der Waals surface area contributed by atoms with Crippen LogP contribution in [0.5, 0.6) is 0 Å². The highest BCUT2D eigenvalue weighted by Gasteiger charge is 2.10. The lowest BCUT2D eigenvalue weighted by atomic mass is 10.4. The van der Waals surface area contributed by atoms with Gasteiger partial charge in [-0.2, -0.15) is 8.42 Å². The lowest BCUT2D eigenvalue weighted by molar-refractivity contribution is 0.0154. The molecule has 0 aliphatic heterocycles. The Morgan fingerprint density at radius 1 is 1.42 bits per heavy atom. The Labute approximate surface area is 71.1 Å². The molecule has 0 bridgehead atoms. The molecule has 1 unspecified atom stereocenters. The minimum absolute atomic E-state index is 0.0218. The Kier molecular flexibility index (Phi) is 5.34. The third kappa shape index (κ3) is 7.89. The zero-order valence-corrected chi connectivity index (χ0v) is 7.45. The van der Waals surface area contributed by atoms with Gasteiger partial charge in [0.15, 0.2) is 0 Å². The molecule has 6 nitrogen and oxygen atoms in total. The molecule has 0 rings (SSSR count). The first kappa shape index (κ1) is 11.8. The standard InChI is InChI=1S/C5H12O6S/c1-2-10-3-5(6)4-11-12(7,8)9/h5-6H,2-4H2,1H3,(H,7,8,9). The van der Waals surface area contributed by atoms with E-state index in [4.69, 9.17) is 14.4 Å². The number of ether oxygens (including phenoxy) is 1. The van der Waals surface area contributed by atoms with Crippen molar-refractivity contribution < 1.29 is 27.0 Å². The zero-order valence-electron chi connectivity index (χ0n) is 6.63. The quantitative estimate of drug-likeness (QED) is 0.545. The van der Waals surface area contributed by atoms with Gasteiger partial charge in [0.1, 0.15) is 6.10 Å². The summed E-state index contributed by atoms with van der Waals surface area (Å²) in [6.07, 6.45) is -1.05. The van der Waals surface area contributed by atoms with E-state index in [2.05, 4.69) is 4.18 Å². The molecule has 1 atom stereocenters. The van der Waals surface area contributed by atoms with E-state index >= 15 is 0 Å². The van der Waals surface area contributed by atoms with Crippen LogP contribution in [0.2, 0.25) is 0 Å². The lowest BCUT2D eigenvalue weighted by Gasteiger charge is -2.08. The number of aliphatic hydroxyl groups is 1. The van der Waals surface area contributed by atoms with E-state index in [0.717, 1.165) is 0 Å².